The van der Waals surface area contributed by atoms with Crippen LogP contribution in [0, 0.1) is 6.92 Å². The zero-order valence-corrected chi connectivity index (χ0v) is 17.6. The molecule has 1 aliphatic rings. The highest BCUT2D eigenvalue weighted by Gasteiger charge is 2.14. The van der Waals surface area contributed by atoms with Crippen LogP contribution in [0.5, 0.6) is 0 Å². The minimum absolute atomic E-state index is 0.175. The van der Waals surface area contributed by atoms with Gasteiger partial charge in [-0.2, -0.15) is 0 Å². The molecule has 1 amide bonds. The topological polar surface area (TPSA) is 79.4 Å². The minimum atomic E-state index is -0.175. The summed E-state index contributed by atoms with van der Waals surface area (Å²) in [5.74, 6) is 0.283. The van der Waals surface area contributed by atoms with Crippen molar-refractivity contribution in [2.45, 2.75) is 33.6 Å². The fourth-order valence-electron chi connectivity index (χ4n) is 3.50. The van der Waals surface area contributed by atoms with Crippen molar-refractivity contribution < 1.29 is 9.53 Å². The van der Waals surface area contributed by atoms with E-state index in [-0.39, 0.29) is 5.91 Å². The zero-order chi connectivity index (χ0) is 20.6. The van der Waals surface area contributed by atoms with Gasteiger partial charge in [0.15, 0.2) is 0 Å². The standard InChI is InChI=1S/C22H31N5O2/c1-4-17-7-6-8-18(5-2)20(17)26-22-24-16(3)15-19(25-22)21(28)23-9-10-27-11-13-29-14-12-27/h6-8,15H,4-5,9-14H2,1-3H3,(H,23,28)(H,24,25,26). The molecule has 2 aromatic rings. The number of rotatable bonds is 8. The number of carbonyl (C=O) groups is 1. The summed E-state index contributed by atoms with van der Waals surface area (Å²) in [5, 5.41) is 6.33. The third-order valence-corrected chi connectivity index (χ3v) is 5.14. The van der Waals surface area contributed by atoms with Gasteiger partial charge in [-0.15, -0.1) is 0 Å². The number of morpholine rings is 1. The third kappa shape index (κ3) is 5.74. The summed E-state index contributed by atoms with van der Waals surface area (Å²) in [5.41, 5.74) is 4.61. The van der Waals surface area contributed by atoms with Gasteiger partial charge in [-0.1, -0.05) is 32.0 Å². The smallest absolute Gasteiger partial charge is 0.270 e. The number of amides is 1. The molecular weight excluding hydrogens is 366 g/mol. The van der Waals surface area contributed by atoms with Crippen LogP contribution in [0.1, 0.15) is 41.2 Å². The Morgan fingerprint density at radius 3 is 2.48 bits per heavy atom. The molecule has 1 aromatic carbocycles. The van der Waals surface area contributed by atoms with Gasteiger partial charge in [-0.05, 0) is 37.0 Å². The summed E-state index contributed by atoms with van der Waals surface area (Å²) in [6.07, 6.45) is 1.83. The molecule has 2 N–H and O–H groups in total. The van der Waals surface area contributed by atoms with Crippen LogP contribution < -0.4 is 10.6 Å². The first kappa shape index (κ1) is 21.2. The molecule has 3 rings (SSSR count). The summed E-state index contributed by atoms with van der Waals surface area (Å²) < 4.78 is 5.35. The van der Waals surface area contributed by atoms with Gasteiger partial charge < -0.3 is 15.4 Å². The van der Waals surface area contributed by atoms with Gasteiger partial charge in [0.2, 0.25) is 5.95 Å². The molecule has 2 heterocycles. The number of carbonyl (C=O) groups excluding carboxylic acids is 1. The molecule has 1 aliphatic heterocycles. The summed E-state index contributed by atoms with van der Waals surface area (Å²) in [6.45, 7) is 10.9. The molecule has 1 saturated heterocycles. The number of hydrogen-bond acceptors (Lipinski definition) is 6. The highest BCUT2D eigenvalue weighted by molar-refractivity contribution is 5.92. The van der Waals surface area contributed by atoms with Gasteiger partial charge in [0.1, 0.15) is 5.69 Å². The average molecular weight is 398 g/mol. The Morgan fingerprint density at radius 2 is 1.83 bits per heavy atom. The van der Waals surface area contributed by atoms with Crippen molar-refractivity contribution in [3.63, 3.8) is 0 Å². The van der Waals surface area contributed by atoms with Crippen LogP contribution in [0.15, 0.2) is 24.3 Å². The maximum Gasteiger partial charge on any atom is 0.270 e. The SMILES string of the molecule is CCc1cccc(CC)c1Nc1nc(C)cc(C(=O)NCCN2CCOCC2)n1. The van der Waals surface area contributed by atoms with E-state index in [0.717, 1.165) is 57.1 Å². The van der Waals surface area contributed by atoms with Crippen LogP contribution in [-0.2, 0) is 17.6 Å². The molecule has 0 unspecified atom stereocenters. The Labute approximate surface area is 172 Å². The third-order valence-electron chi connectivity index (χ3n) is 5.14. The van der Waals surface area contributed by atoms with Crippen LogP contribution in [0.3, 0.4) is 0 Å². The number of anilines is 2. The van der Waals surface area contributed by atoms with E-state index in [9.17, 15) is 4.79 Å². The Balaban J connectivity index is 1.69. The predicted octanol–water partition coefficient (Wildman–Crippen LogP) is 2.72. The minimum Gasteiger partial charge on any atom is -0.379 e. The van der Waals surface area contributed by atoms with E-state index >= 15 is 0 Å². The fourth-order valence-corrected chi connectivity index (χ4v) is 3.50. The van der Waals surface area contributed by atoms with Gasteiger partial charge in [-0.25, -0.2) is 9.97 Å². The van der Waals surface area contributed by atoms with E-state index in [1.54, 1.807) is 6.07 Å². The van der Waals surface area contributed by atoms with Crippen molar-refractivity contribution >= 4 is 17.5 Å². The van der Waals surface area contributed by atoms with E-state index < -0.39 is 0 Å². The number of benzene rings is 1. The molecule has 0 aliphatic carbocycles. The number of para-hydroxylation sites is 1. The van der Waals surface area contributed by atoms with Crippen molar-refractivity contribution in [1.29, 1.82) is 0 Å². The summed E-state index contributed by atoms with van der Waals surface area (Å²) in [6, 6.07) is 8.02. The number of ether oxygens (including phenoxy) is 1. The van der Waals surface area contributed by atoms with E-state index in [1.165, 1.54) is 11.1 Å². The maximum atomic E-state index is 12.6. The molecule has 1 fully saturated rings. The number of nitrogens with zero attached hydrogens (tertiary/aromatic N) is 3. The number of hydrogen-bond donors (Lipinski definition) is 2. The zero-order valence-electron chi connectivity index (χ0n) is 17.6. The second-order valence-electron chi connectivity index (χ2n) is 7.21. The Kier molecular flexibility index (Phi) is 7.55. The van der Waals surface area contributed by atoms with E-state index in [4.69, 9.17) is 4.74 Å². The normalized spacial score (nSPS) is 14.6. The molecule has 1 aromatic heterocycles. The number of aryl methyl sites for hydroxylation is 3. The highest BCUT2D eigenvalue weighted by Crippen LogP contribution is 2.25. The van der Waals surface area contributed by atoms with Crippen molar-refractivity contribution in [2.75, 3.05) is 44.7 Å². The lowest BCUT2D eigenvalue weighted by molar-refractivity contribution is 0.0383. The van der Waals surface area contributed by atoms with E-state index in [0.29, 0.717) is 18.2 Å². The average Bonchev–Trinajstić information content (AvgIpc) is 2.74. The molecule has 0 radical (unpaired) electrons. The molecular formula is C22H31N5O2. The second kappa shape index (κ2) is 10.3. The summed E-state index contributed by atoms with van der Waals surface area (Å²) in [7, 11) is 0. The van der Waals surface area contributed by atoms with Gasteiger partial charge >= 0.3 is 0 Å². The molecule has 7 nitrogen and oxygen atoms in total. The predicted molar refractivity (Wildman–Crippen MR) is 115 cm³/mol. The first-order chi connectivity index (χ1) is 14.1. The lowest BCUT2D eigenvalue weighted by Gasteiger charge is -2.26. The van der Waals surface area contributed by atoms with E-state index in [1.807, 2.05) is 6.92 Å². The van der Waals surface area contributed by atoms with Crippen LogP contribution in [0.2, 0.25) is 0 Å². The Bertz CT molecular complexity index is 812. The van der Waals surface area contributed by atoms with E-state index in [2.05, 4.69) is 57.5 Å². The number of aromatic nitrogens is 2. The Hall–Kier alpha value is -2.51. The fraction of sp³-hybridized carbons (Fsp3) is 0.500. The maximum absolute atomic E-state index is 12.6. The molecule has 0 saturated carbocycles. The molecule has 0 spiro atoms. The molecule has 156 valence electrons. The largest absolute Gasteiger partial charge is 0.379 e. The molecule has 0 bridgehead atoms. The summed E-state index contributed by atoms with van der Waals surface area (Å²) >= 11 is 0. The molecule has 7 heteroatoms. The first-order valence-corrected chi connectivity index (χ1v) is 10.4. The molecule has 0 atom stereocenters. The monoisotopic (exact) mass is 397 g/mol. The van der Waals surface area contributed by atoms with Gasteiger partial charge in [0.25, 0.3) is 5.91 Å². The van der Waals surface area contributed by atoms with Crippen LogP contribution >= 0.6 is 0 Å². The second-order valence-corrected chi connectivity index (χ2v) is 7.21. The van der Waals surface area contributed by atoms with Crippen LogP contribution in [0.4, 0.5) is 11.6 Å². The van der Waals surface area contributed by atoms with Crippen molar-refractivity contribution in [3.05, 3.63) is 46.8 Å². The highest BCUT2D eigenvalue weighted by atomic mass is 16.5. The van der Waals surface area contributed by atoms with Gasteiger partial charge in [0, 0.05) is 37.6 Å². The number of nitrogens with one attached hydrogen (secondary N) is 2. The van der Waals surface area contributed by atoms with Gasteiger partial charge in [-0.3, -0.25) is 9.69 Å². The van der Waals surface area contributed by atoms with Crippen molar-refractivity contribution in [2.24, 2.45) is 0 Å². The first-order valence-electron chi connectivity index (χ1n) is 10.4. The quantitative estimate of drug-likeness (QED) is 0.713. The van der Waals surface area contributed by atoms with Crippen LogP contribution in [-0.4, -0.2) is 60.2 Å². The Morgan fingerprint density at radius 1 is 1.14 bits per heavy atom. The van der Waals surface area contributed by atoms with Crippen molar-refractivity contribution in [1.82, 2.24) is 20.2 Å². The lowest BCUT2D eigenvalue weighted by atomic mass is 10.0. The van der Waals surface area contributed by atoms with Crippen molar-refractivity contribution in [3.8, 4) is 0 Å². The molecule has 29 heavy (non-hydrogen) atoms. The lowest BCUT2D eigenvalue weighted by Crippen LogP contribution is -2.41. The van der Waals surface area contributed by atoms with Gasteiger partial charge in [0.05, 0.1) is 13.2 Å². The summed E-state index contributed by atoms with van der Waals surface area (Å²) in [4.78, 5) is 23.9. The van der Waals surface area contributed by atoms with Crippen LogP contribution in [0.25, 0.3) is 0 Å².